The van der Waals surface area contributed by atoms with Gasteiger partial charge in [-0.2, -0.15) is 0 Å². The van der Waals surface area contributed by atoms with Crippen molar-refractivity contribution in [2.75, 3.05) is 26.3 Å². The summed E-state index contributed by atoms with van der Waals surface area (Å²) < 4.78 is 5.25. The monoisotopic (exact) mass is 226 g/mol. The summed E-state index contributed by atoms with van der Waals surface area (Å²) in [5, 5.41) is 0. The number of nitrogens with zero attached hydrogens (tertiary/aromatic N) is 2. The van der Waals surface area contributed by atoms with Crippen molar-refractivity contribution in [3.63, 3.8) is 0 Å². The van der Waals surface area contributed by atoms with Gasteiger partial charge in [-0.25, -0.2) is 4.79 Å². The first kappa shape index (κ1) is 11.4. The van der Waals surface area contributed by atoms with Gasteiger partial charge in [-0.3, -0.25) is 9.69 Å². The van der Waals surface area contributed by atoms with E-state index in [1.807, 2.05) is 6.92 Å². The van der Waals surface area contributed by atoms with E-state index >= 15 is 0 Å². The molecule has 0 N–H and O–H groups in total. The number of carbonyl (C=O) groups excluding carboxylic acids is 2. The molecule has 0 spiro atoms. The third-order valence-corrected chi connectivity index (χ3v) is 3.28. The molecule has 2 heterocycles. The van der Waals surface area contributed by atoms with Crippen LogP contribution >= 0.6 is 0 Å². The van der Waals surface area contributed by atoms with Gasteiger partial charge in [0.2, 0.25) is 5.91 Å². The topological polar surface area (TPSA) is 49.9 Å². The number of urea groups is 1. The Bertz CT molecular complexity index is 287. The third-order valence-electron chi connectivity index (χ3n) is 3.28. The molecule has 0 atom stereocenters. The molecule has 2 fully saturated rings. The van der Waals surface area contributed by atoms with Crippen LogP contribution in [0.3, 0.4) is 0 Å². The van der Waals surface area contributed by atoms with E-state index in [0.717, 1.165) is 12.8 Å². The zero-order valence-corrected chi connectivity index (χ0v) is 9.65. The Kier molecular flexibility index (Phi) is 3.43. The highest BCUT2D eigenvalue weighted by molar-refractivity contribution is 5.97. The zero-order chi connectivity index (χ0) is 11.5. The highest BCUT2D eigenvalue weighted by atomic mass is 16.5. The SMILES string of the molecule is CCN1CCC(=O)N(C2CCOCC2)C1=O. The fraction of sp³-hybridized carbons (Fsp3) is 0.818. The van der Waals surface area contributed by atoms with Crippen LogP contribution in [-0.4, -0.2) is 54.1 Å². The highest BCUT2D eigenvalue weighted by Gasteiger charge is 2.36. The quantitative estimate of drug-likeness (QED) is 0.701. The summed E-state index contributed by atoms with van der Waals surface area (Å²) in [6.45, 7) is 4.47. The van der Waals surface area contributed by atoms with Crippen molar-refractivity contribution in [3.8, 4) is 0 Å². The molecule has 0 aromatic carbocycles. The van der Waals surface area contributed by atoms with E-state index in [-0.39, 0.29) is 18.0 Å². The van der Waals surface area contributed by atoms with Crippen molar-refractivity contribution in [1.29, 1.82) is 0 Å². The lowest BCUT2D eigenvalue weighted by Crippen LogP contribution is -2.57. The van der Waals surface area contributed by atoms with Gasteiger partial charge < -0.3 is 9.64 Å². The lowest BCUT2D eigenvalue weighted by Gasteiger charge is -2.39. The summed E-state index contributed by atoms with van der Waals surface area (Å²) in [4.78, 5) is 27.0. The standard InChI is InChI=1S/C11H18N2O3/c1-2-12-6-3-10(14)13(11(12)15)9-4-7-16-8-5-9/h9H,2-8H2,1H3. The molecule has 0 bridgehead atoms. The normalized spacial score (nSPS) is 24.1. The van der Waals surface area contributed by atoms with Crippen LogP contribution in [0.5, 0.6) is 0 Å². The predicted molar refractivity (Wildman–Crippen MR) is 57.9 cm³/mol. The molecule has 2 aliphatic heterocycles. The minimum atomic E-state index is -0.120. The van der Waals surface area contributed by atoms with Crippen LogP contribution in [-0.2, 0) is 9.53 Å². The molecular weight excluding hydrogens is 208 g/mol. The van der Waals surface area contributed by atoms with E-state index in [2.05, 4.69) is 0 Å². The number of hydrogen-bond acceptors (Lipinski definition) is 3. The molecule has 16 heavy (non-hydrogen) atoms. The van der Waals surface area contributed by atoms with Crippen molar-refractivity contribution >= 4 is 11.9 Å². The number of amides is 3. The maximum absolute atomic E-state index is 12.1. The highest BCUT2D eigenvalue weighted by Crippen LogP contribution is 2.20. The fourth-order valence-electron chi connectivity index (χ4n) is 2.30. The van der Waals surface area contributed by atoms with E-state index in [0.29, 0.717) is 32.7 Å². The number of rotatable bonds is 2. The maximum atomic E-state index is 12.1. The molecule has 0 radical (unpaired) electrons. The Balaban J connectivity index is 2.09. The molecule has 0 saturated carbocycles. The van der Waals surface area contributed by atoms with Crippen molar-refractivity contribution in [3.05, 3.63) is 0 Å². The van der Waals surface area contributed by atoms with Crippen LogP contribution in [0, 0.1) is 0 Å². The molecule has 0 aromatic rings. The third kappa shape index (κ3) is 2.04. The number of hydrogen-bond donors (Lipinski definition) is 0. The first-order valence-corrected chi connectivity index (χ1v) is 5.92. The Hall–Kier alpha value is -1.10. The van der Waals surface area contributed by atoms with Crippen molar-refractivity contribution in [2.45, 2.75) is 32.2 Å². The Morgan fingerprint density at radius 2 is 2.00 bits per heavy atom. The lowest BCUT2D eigenvalue weighted by atomic mass is 10.1. The Morgan fingerprint density at radius 3 is 2.62 bits per heavy atom. The molecule has 5 heteroatoms. The van der Waals surface area contributed by atoms with E-state index in [1.165, 1.54) is 4.90 Å². The van der Waals surface area contributed by atoms with Gasteiger partial charge in [-0.05, 0) is 19.8 Å². The van der Waals surface area contributed by atoms with Crippen LogP contribution in [0.25, 0.3) is 0 Å². The average molecular weight is 226 g/mol. The number of ether oxygens (including phenoxy) is 1. The summed E-state index contributed by atoms with van der Waals surface area (Å²) in [5.41, 5.74) is 0. The number of carbonyl (C=O) groups is 2. The van der Waals surface area contributed by atoms with Gasteiger partial charge in [0.05, 0.1) is 0 Å². The fourth-order valence-corrected chi connectivity index (χ4v) is 2.30. The van der Waals surface area contributed by atoms with Crippen molar-refractivity contribution in [2.24, 2.45) is 0 Å². The van der Waals surface area contributed by atoms with Crippen LogP contribution < -0.4 is 0 Å². The van der Waals surface area contributed by atoms with Crippen LogP contribution in [0.15, 0.2) is 0 Å². The second-order valence-corrected chi connectivity index (χ2v) is 4.22. The summed E-state index contributed by atoms with van der Waals surface area (Å²) in [6, 6.07) is -0.0752. The van der Waals surface area contributed by atoms with E-state index in [1.54, 1.807) is 4.90 Å². The first-order valence-electron chi connectivity index (χ1n) is 5.92. The van der Waals surface area contributed by atoms with Gasteiger partial charge in [-0.1, -0.05) is 0 Å². The van der Waals surface area contributed by atoms with Crippen LogP contribution in [0.1, 0.15) is 26.2 Å². The first-order chi connectivity index (χ1) is 7.74. The van der Waals surface area contributed by atoms with E-state index in [9.17, 15) is 9.59 Å². The zero-order valence-electron chi connectivity index (χ0n) is 9.65. The summed E-state index contributed by atoms with van der Waals surface area (Å²) in [6.07, 6.45) is 2.00. The van der Waals surface area contributed by atoms with Gasteiger partial charge in [0.15, 0.2) is 0 Å². The molecule has 5 nitrogen and oxygen atoms in total. The molecule has 90 valence electrons. The average Bonchev–Trinajstić information content (AvgIpc) is 2.31. The molecule has 0 unspecified atom stereocenters. The summed E-state index contributed by atoms with van der Waals surface area (Å²) in [5.74, 6) is -0.0263. The smallest absolute Gasteiger partial charge is 0.326 e. The second-order valence-electron chi connectivity index (χ2n) is 4.22. The van der Waals surface area contributed by atoms with Gasteiger partial charge in [-0.15, -0.1) is 0 Å². The molecule has 2 saturated heterocycles. The van der Waals surface area contributed by atoms with Gasteiger partial charge in [0.25, 0.3) is 0 Å². The Morgan fingerprint density at radius 1 is 1.31 bits per heavy atom. The largest absolute Gasteiger partial charge is 0.381 e. The molecule has 0 aromatic heterocycles. The van der Waals surface area contributed by atoms with Crippen molar-refractivity contribution in [1.82, 2.24) is 9.80 Å². The molecule has 0 aliphatic carbocycles. The number of imide groups is 1. The second kappa shape index (κ2) is 4.82. The summed E-state index contributed by atoms with van der Waals surface area (Å²) >= 11 is 0. The van der Waals surface area contributed by atoms with Gasteiger partial charge in [0, 0.05) is 38.8 Å². The predicted octanol–water partition coefficient (Wildman–Crippen LogP) is 0.840. The van der Waals surface area contributed by atoms with E-state index in [4.69, 9.17) is 4.74 Å². The van der Waals surface area contributed by atoms with Gasteiger partial charge >= 0.3 is 6.03 Å². The van der Waals surface area contributed by atoms with Crippen LogP contribution in [0.4, 0.5) is 4.79 Å². The molecule has 2 rings (SSSR count). The van der Waals surface area contributed by atoms with E-state index < -0.39 is 0 Å². The molecule has 3 amide bonds. The lowest BCUT2D eigenvalue weighted by molar-refractivity contribution is -0.134. The van der Waals surface area contributed by atoms with Gasteiger partial charge in [0.1, 0.15) is 0 Å². The Labute approximate surface area is 95.3 Å². The van der Waals surface area contributed by atoms with Crippen molar-refractivity contribution < 1.29 is 14.3 Å². The molecular formula is C11H18N2O3. The van der Waals surface area contributed by atoms with Crippen LogP contribution in [0.2, 0.25) is 0 Å². The maximum Gasteiger partial charge on any atom is 0.326 e. The minimum Gasteiger partial charge on any atom is -0.381 e. The minimum absolute atomic E-state index is 0.0263. The molecule has 2 aliphatic rings. The summed E-state index contributed by atoms with van der Waals surface area (Å²) in [7, 11) is 0.